The van der Waals surface area contributed by atoms with E-state index in [-0.39, 0.29) is 0 Å². The summed E-state index contributed by atoms with van der Waals surface area (Å²) in [5.41, 5.74) is 3.13. The Hall–Kier alpha value is -2.23. The molecular weight excluding hydrogens is 202 g/mol. The van der Waals surface area contributed by atoms with Gasteiger partial charge >= 0.3 is 0 Å². The highest BCUT2D eigenvalue weighted by molar-refractivity contribution is 5.70. The predicted molar refractivity (Wildman–Crippen MR) is 59.8 cm³/mol. The van der Waals surface area contributed by atoms with Crippen LogP contribution in [0.4, 0.5) is 0 Å². The number of oxazole rings is 1. The molecule has 0 spiro atoms. The van der Waals surface area contributed by atoms with Gasteiger partial charge in [-0.05, 0) is 30.7 Å². The van der Waals surface area contributed by atoms with Crippen molar-refractivity contribution in [3.05, 3.63) is 42.2 Å². The third-order valence-corrected chi connectivity index (χ3v) is 2.30. The Bertz CT molecular complexity index is 595. The van der Waals surface area contributed by atoms with Crippen LogP contribution in [0.2, 0.25) is 0 Å². The van der Waals surface area contributed by atoms with E-state index in [4.69, 9.17) is 4.42 Å². The SMILES string of the molecule is Cc1ccc(-c2nc3ncccc3o2)nc1. The highest BCUT2D eigenvalue weighted by Gasteiger charge is 2.08. The molecule has 4 nitrogen and oxygen atoms in total. The van der Waals surface area contributed by atoms with E-state index in [0.29, 0.717) is 17.1 Å². The minimum Gasteiger partial charge on any atom is -0.433 e. The average Bonchev–Trinajstić information content (AvgIpc) is 2.73. The van der Waals surface area contributed by atoms with E-state index in [9.17, 15) is 0 Å². The topological polar surface area (TPSA) is 51.8 Å². The third-order valence-electron chi connectivity index (χ3n) is 2.30. The summed E-state index contributed by atoms with van der Waals surface area (Å²) in [7, 11) is 0. The summed E-state index contributed by atoms with van der Waals surface area (Å²) < 4.78 is 5.56. The zero-order chi connectivity index (χ0) is 11.0. The van der Waals surface area contributed by atoms with Crippen LogP contribution in [0.15, 0.2) is 41.1 Å². The summed E-state index contributed by atoms with van der Waals surface area (Å²) >= 11 is 0. The lowest BCUT2D eigenvalue weighted by atomic mass is 10.3. The molecule has 0 radical (unpaired) electrons. The normalized spacial score (nSPS) is 10.8. The Labute approximate surface area is 92.0 Å². The van der Waals surface area contributed by atoms with Crippen LogP contribution in [0.3, 0.4) is 0 Å². The Morgan fingerprint density at radius 2 is 2.06 bits per heavy atom. The van der Waals surface area contributed by atoms with Crippen molar-refractivity contribution in [3.63, 3.8) is 0 Å². The number of hydrogen-bond donors (Lipinski definition) is 0. The maximum Gasteiger partial charge on any atom is 0.247 e. The first-order chi connectivity index (χ1) is 7.83. The van der Waals surface area contributed by atoms with Crippen LogP contribution in [0.5, 0.6) is 0 Å². The molecule has 3 rings (SSSR count). The first-order valence-electron chi connectivity index (χ1n) is 4.97. The summed E-state index contributed by atoms with van der Waals surface area (Å²) in [5, 5.41) is 0. The lowest BCUT2D eigenvalue weighted by Crippen LogP contribution is -1.83. The molecule has 0 amide bonds. The Morgan fingerprint density at radius 1 is 1.12 bits per heavy atom. The fourth-order valence-electron chi connectivity index (χ4n) is 1.47. The largest absolute Gasteiger partial charge is 0.433 e. The van der Waals surface area contributed by atoms with Crippen molar-refractivity contribution in [1.82, 2.24) is 15.0 Å². The average molecular weight is 211 g/mol. The van der Waals surface area contributed by atoms with Gasteiger partial charge < -0.3 is 4.42 Å². The van der Waals surface area contributed by atoms with Crippen molar-refractivity contribution in [2.24, 2.45) is 0 Å². The number of nitrogens with zero attached hydrogens (tertiary/aromatic N) is 3. The second-order valence-corrected chi connectivity index (χ2v) is 3.56. The van der Waals surface area contributed by atoms with Crippen LogP contribution in [-0.4, -0.2) is 15.0 Å². The van der Waals surface area contributed by atoms with Gasteiger partial charge in [-0.1, -0.05) is 6.07 Å². The van der Waals surface area contributed by atoms with Crippen LogP contribution in [-0.2, 0) is 0 Å². The molecule has 16 heavy (non-hydrogen) atoms. The van der Waals surface area contributed by atoms with E-state index < -0.39 is 0 Å². The molecule has 0 aliphatic heterocycles. The van der Waals surface area contributed by atoms with Crippen LogP contribution in [0.25, 0.3) is 22.8 Å². The van der Waals surface area contributed by atoms with Gasteiger partial charge in [-0.15, -0.1) is 0 Å². The van der Waals surface area contributed by atoms with Gasteiger partial charge in [-0.2, -0.15) is 4.98 Å². The van der Waals surface area contributed by atoms with Gasteiger partial charge in [-0.3, -0.25) is 4.98 Å². The minimum atomic E-state index is 0.508. The van der Waals surface area contributed by atoms with Crippen molar-refractivity contribution in [2.45, 2.75) is 6.92 Å². The van der Waals surface area contributed by atoms with Gasteiger partial charge in [0.2, 0.25) is 5.89 Å². The molecule has 78 valence electrons. The molecule has 4 heteroatoms. The molecule has 0 aliphatic carbocycles. The van der Waals surface area contributed by atoms with Gasteiger partial charge in [0, 0.05) is 12.4 Å². The fraction of sp³-hybridized carbons (Fsp3) is 0.0833. The monoisotopic (exact) mass is 211 g/mol. The lowest BCUT2D eigenvalue weighted by Gasteiger charge is -1.94. The van der Waals surface area contributed by atoms with Gasteiger partial charge in [0.1, 0.15) is 5.69 Å². The molecule has 0 aliphatic rings. The number of aryl methyl sites for hydroxylation is 1. The molecule has 0 aromatic carbocycles. The summed E-state index contributed by atoms with van der Waals surface area (Å²) in [4.78, 5) is 12.6. The van der Waals surface area contributed by atoms with Crippen molar-refractivity contribution in [3.8, 4) is 11.6 Å². The molecule has 0 fully saturated rings. The summed E-state index contributed by atoms with van der Waals surface area (Å²) in [6, 6.07) is 7.53. The molecule has 0 N–H and O–H groups in total. The number of rotatable bonds is 1. The standard InChI is InChI=1S/C12H9N3O/c1-8-4-5-9(14-7-8)12-15-11-10(16-12)3-2-6-13-11/h2-7H,1H3. The third kappa shape index (κ3) is 1.44. The van der Waals surface area contributed by atoms with E-state index in [1.807, 2.05) is 31.2 Å². The molecular formula is C12H9N3O. The number of aromatic nitrogens is 3. The summed E-state index contributed by atoms with van der Waals surface area (Å²) in [6.45, 7) is 1.99. The molecule has 0 saturated heterocycles. The first-order valence-corrected chi connectivity index (χ1v) is 4.97. The van der Waals surface area contributed by atoms with E-state index in [1.165, 1.54) is 0 Å². The molecule has 0 saturated carbocycles. The van der Waals surface area contributed by atoms with Gasteiger partial charge in [0.25, 0.3) is 0 Å². The Kier molecular flexibility index (Phi) is 1.93. The maximum atomic E-state index is 5.56. The van der Waals surface area contributed by atoms with Gasteiger partial charge in [0.05, 0.1) is 0 Å². The van der Waals surface area contributed by atoms with Crippen molar-refractivity contribution < 1.29 is 4.42 Å². The number of hydrogen-bond acceptors (Lipinski definition) is 4. The van der Waals surface area contributed by atoms with Crippen molar-refractivity contribution >= 4 is 11.2 Å². The zero-order valence-corrected chi connectivity index (χ0v) is 8.71. The first kappa shape index (κ1) is 9.03. The number of fused-ring (bicyclic) bond motifs is 1. The van der Waals surface area contributed by atoms with E-state index in [1.54, 1.807) is 12.4 Å². The van der Waals surface area contributed by atoms with Gasteiger partial charge in [-0.25, -0.2) is 4.98 Å². The van der Waals surface area contributed by atoms with Gasteiger partial charge in [0.15, 0.2) is 11.2 Å². The Balaban J connectivity index is 2.15. The highest BCUT2D eigenvalue weighted by Crippen LogP contribution is 2.20. The molecule has 0 bridgehead atoms. The zero-order valence-electron chi connectivity index (χ0n) is 8.71. The predicted octanol–water partition coefficient (Wildman–Crippen LogP) is 2.59. The van der Waals surface area contributed by atoms with E-state index in [2.05, 4.69) is 15.0 Å². The van der Waals surface area contributed by atoms with Crippen LogP contribution < -0.4 is 0 Å². The summed E-state index contributed by atoms with van der Waals surface area (Å²) in [6.07, 6.45) is 3.48. The maximum absolute atomic E-state index is 5.56. The Morgan fingerprint density at radius 3 is 2.81 bits per heavy atom. The molecule has 3 heterocycles. The smallest absolute Gasteiger partial charge is 0.247 e. The van der Waals surface area contributed by atoms with Crippen molar-refractivity contribution in [2.75, 3.05) is 0 Å². The molecule has 0 unspecified atom stereocenters. The molecule has 0 atom stereocenters. The summed E-state index contributed by atoms with van der Waals surface area (Å²) in [5.74, 6) is 0.508. The second kappa shape index (κ2) is 3.41. The van der Waals surface area contributed by atoms with Crippen LogP contribution in [0, 0.1) is 6.92 Å². The second-order valence-electron chi connectivity index (χ2n) is 3.56. The highest BCUT2D eigenvalue weighted by atomic mass is 16.3. The fourth-order valence-corrected chi connectivity index (χ4v) is 1.47. The molecule has 3 aromatic rings. The van der Waals surface area contributed by atoms with Crippen LogP contribution in [0.1, 0.15) is 5.56 Å². The quantitative estimate of drug-likeness (QED) is 0.620. The van der Waals surface area contributed by atoms with E-state index in [0.717, 1.165) is 11.3 Å². The lowest BCUT2D eigenvalue weighted by molar-refractivity contribution is 0.616. The molecule has 3 aromatic heterocycles. The minimum absolute atomic E-state index is 0.508. The number of pyridine rings is 2. The van der Waals surface area contributed by atoms with Crippen molar-refractivity contribution in [1.29, 1.82) is 0 Å². The van der Waals surface area contributed by atoms with Crippen LogP contribution >= 0.6 is 0 Å². The van der Waals surface area contributed by atoms with E-state index >= 15 is 0 Å².